The van der Waals surface area contributed by atoms with Crippen LogP contribution in [0.3, 0.4) is 0 Å². The van der Waals surface area contributed by atoms with Gasteiger partial charge in [-0.25, -0.2) is 19.6 Å². The summed E-state index contributed by atoms with van der Waals surface area (Å²) in [5, 5.41) is 25.1. The van der Waals surface area contributed by atoms with Crippen LogP contribution in [0.5, 0.6) is 5.75 Å². The van der Waals surface area contributed by atoms with Gasteiger partial charge in [0.1, 0.15) is 21.3 Å². The lowest BCUT2D eigenvalue weighted by Crippen LogP contribution is -2.22. The Morgan fingerprint density at radius 2 is 2.00 bits per heavy atom. The van der Waals surface area contributed by atoms with Gasteiger partial charge in [0.05, 0.1) is 29.9 Å². The highest BCUT2D eigenvalue weighted by Gasteiger charge is 2.18. The number of carboxylic acids is 1. The lowest BCUT2D eigenvalue weighted by atomic mass is 10.0. The number of amides is 1. The van der Waals surface area contributed by atoms with E-state index in [2.05, 4.69) is 20.0 Å². The molecule has 0 fully saturated rings. The molecule has 10 heteroatoms. The molecular formula is C18H17N3O5S2. The molecule has 0 bridgehead atoms. The summed E-state index contributed by atoms with van der Waals surface area (Å²) in [5.41, 5.74) is 2.53. The second kappa shape index (κ2) is 7.95. The van der Waals surface area contributed by atoms with Gasteiger partial charge in [-0.1, -0.05) is 0 Å². The smallest absolute Gasteiger partial charge is 0.407 e. The van der Waals surface area contributed by atoms with Gasteiger partial charge < -0.3 is 20.3 Å². The summed E-state index contributed by atoms with van der Waals surface area (Å²) in [6, 6.07) is 3.10. The quantitative estimate of drug-likeness (QED) is 0.575. The Hall–Kier alpha value is -2.98. The Balaban J connectivity index is 1.88. The first kappa shape index (κ1) is 19.8. The highest BCUT2D eigenvalue weighted by Crippen LogP contribution is 2.36. The molecule has 2 heterocycles. The van der Waals surface area contributed by atoms with E-state index in [1.54, 1.807) is 13.0 Å². The summed E-state index contributed by atoms with van der Waals surface area (Å²) in [6.07, 6.45) is -0.523. The Bertz CT molecular complexity index is 1030. The van der Waals surface area contributed by atoms with Crippen molar-refractivity contribution in [3.05, 3.63) is 39.3 Å². The third-order valence-corrected chi connectivity index (χ3v) is 5.99. The minimum atomic E-state index is -1.17. The van der Waals surface area contributed by atoms with Gasteiger partial charge in [0.25, 0.3) is 0 Å². The van der Waals surface area contributed by atoms with Gasteiger partial charge in [-0.15, -0.1) is 22.7 Å². The Morgan fingerprint density at radius 3 is 2.64 bits per heavy atom. The van der Waals surface area contributed by atoms with Crippen molar-refractivity contribution < 1.29 is 24.5 Å². The molecule has 3 N–H and O–H groups in total. The third-order valence-electron chi connectivity index (χ3n) is 3.92. The summed E-state index contributed by atoms with van der Waals surface area (Å²) in [7, 11) is 1.30. The Morgan fingerprint density at radius 1 is 1.25 bits per heavy atom. The maximum atomic E-state index is 11.2. The molecule has 0 unspecified atom stereocenters. The summed E-state index contributed by atoms with van der Waals surface area (Å²) in [6.45, 7) is 3.76. The number of aryl methyl sites for hydroxylation is 2. The normalized spacial score (nSPS) is 10.7. The number of thiazole rings is 2. The van der Waals surface area contributed by atoms with Crippen molar-refractivity contribution in [1.29, 1.82) is 0 Å². The van der Waals surface area contributed by atoms with Crippen molar-refractivity contribution in [3.8, 4) is 26.9 Å². The highest BCUT2D eigenvalue weighted by molar-refractivity contribution is 7.16. The molecule has 0 spiro atoms. The van der Waals surface area contributed by atoms with Crippen molar-refractivity contribution in [1.82, 2.24) is 15.3 Å². The average molecular weight is 419 g/mol. The first-order valence-corrected chi connectivity index (χ1v) is 9.81. The zero-order valence-electron chi connectivity index (χ0n) is 15.3. The van der Waals surface area contributed by atoms with Crippen LogP contribution < -0.4 is 5.32 Å². The molecule has 0 aliphatic rings. The topological polar surface area (TPSA) is 122 Å². The molecule has 8 nitrogen and oxygen atoms in total. The zero-order chi connectivity index (χ0) is 20.4. The van der Waals surface area contributed by atoms with Crippen LogP contribution in [0.25, 0.3) is 21.1 Å². The summed E-state index contributed by atoms with van der Waals surface area (Å²) in [4.78, 5) is 32.4. The number of carbonyl (C=O) groups excluding carboxylic acids is 1. The number of hydrogen-bond donors (Lipinski definition) is 3. The van der Waals surface area contributed by atoms with Crippen molar-refractivity contribution in [3.63, 3.8) is 0 Å². The van der Waals surface area contributed by atoms with E-state index in [-0.39, 0.29) is 17.9 Å². The number of aromatic hydroxyl groups is 1. The number of alkyl carbamates (subject to hydrolysis) is 1. The number of nitrogens with zero attached hydrogens (tertiary/aromatic N) is 2. The molecule has 2 aromatic heterocycles. The molecule has 0 aliphatic carbocycles. The fraction of sp³-hybridized carbons (Fsp3) is 0.222. The number of benzene rings is 1. The maximum Gasteiger partial charge on any atom is 0.407 e. The number of phenols is 1. The molecule has 28 heavy (non-hydrogen) atoms. The van der Waals surface area contributed by atoms with E-state index in [0.717, 1.165) is 21.3 Å². The molecule has 146 valence electrons. The highest BCUT2D eigenvalue weighted by atomic mass is 32.1. The number of methoxy groups -OCH3 is 1. The molecule has 3 aromatic rings. The van der Waals surface area contributed by atoms with Gasteiger partial charge in [0.15, 0.2) is 0 Å². The number of hydrogen-bond acceptors (Lipinski definition) is 8. The second-order valence-electron chi connectivity index (χ2n) is 5.90. The minimum Gasteiger partial charge on any atom is -0.507 e. The fourth-order valence-corrected chi connectivity index (χ4v) is 4.50. The molecule has 1 amide bonds. The maximum absolute atomic E-state index is 11.2. The third kappa shape index (κ3) is 3.97. The minimum absolute atomic E-state index is 0.110. The molecule has 0 radical (unpaired) electrons. The molecule has 3 rings (SSSR count). The van der Waals surface area contributed by atoms with E-state index < -0.39 is 12.1 Å². The van der Waals surface area contributed by atoms with Crippen LogP contribution >= 0.6 is 22.7 Å². The lowest BCUT2D eigenvalue weighted by Gasteiger charge is -2.06. The predicted molar refractivity (Wildman–Crippen MR) is 106 cm³/mol. The van der Waals surface area contributed by atoms with Crippen molar-refractivity contribution in [2.45, 2.75) is 20.4 Å². The van der Waals surface area contributed by atoms with Gasteiger partial charge in [-0.3, -0.25) is 0 Å². The van der Waals surface area contributed by atoms with E-state index in [9.17, 15) is 19.8 Å². The summed E-state index contributed by atoms with van der Waals surface area (Å²) in [5.74, 6) is -1.46. The van der Waals surface area contributed by atoms with Crippen LogP contribution in [0.1, 0.15) is 26.6 Å². The Labute approximate surface area is 168 Å². The van der Waals surface area contributed by atoms with Crippen LogP contribution in [-0.4, -0.2) is 39.4 Å². The number of rotatable bonds is 5. The summed E-state index contributed by atoms with van der Waals surface area (Å²) >= 11 is 2.81. The van der Waals surface area contributed by atoms with Crippen molar-refractivity contribution >= 4 is 34.7 Å². The van der Waals surface area contributed by atoms with Crippen LogP contribution in [0.4, 0.5) is 4.79 Å². The van der Waals surface area contributed by atoms with Gasteiger partial charge >= 0.3 is 12.1 Å². The molecule has 0 atom stereocenters. The number of carboxylic acid groups (broad SMARTS) is 1. The molecule has 0 aliphatic heterocycles. The standard InChI is InChI=1S/C18H17N3O5S2/c1-8-4-10(5-12(22)14(8)17(23)24)16-21-11(7-27-16)15-9(2)20-13(28-15)6-19-18(25)26-3/h4-5,7,22H,6H2,1-3H3,(H,19,25)(H,23,24). The van der Waals surface area contributed by atoms with E-state index in [1.807, 2.05) is 12.3 Å². The second-order valence-corrected chi connectivity index (χ2v) is 7.84. The van der Waals surface area contributed by atoms with Crippen molar-refractivity contribution in [2.75, 3.05) is 7.11 Å². The van der Waals surface area contributed by atoms with Crippen LogP contribution in [0.15, 0.2) is 17.5 Å². The number of aromatic carboxylic acids is 1. The van der Waals surface area contributed by atoms with Crippen LogP contribution in [-0.2, 0) is 11.3 Å². The lowest BCUT2D eigenvalue weighted by molar-refractivity contribution is 0.0693. The van der Waals surface area contributed by atoms with Crippen molar-refractivity contribution in [2.24, 2.45) is 0 Å². The molecule has 1 aromatic carbocycles. The van der Waals surface area contributed by atoms with Gasteiger partial charge in [0.2, 0.25) is 0 Å². The number of ether oxygens (including phenoxy) is 1. The predicted octanol–water partition coefficient (Wildman–Crippen LogP) is 3.81. The molecule has 0 saturated carbocycles. The summed E-state index contributed by atoms with van der Waals surface area (Å²) < 4.78 is 4.55. The first-order valence-electron chi connectivity index (χ1n) is 8.11. The number of carbonyl (C=O) groups is 2. The van der Waals surface area contributed by atoms with Gasteiger partial charge in [0, 0.05) is 10.9 Å². The van der Waals surface area contributed by atoms with Crippen LogP contribution in [0.2, 0.25) is 0 Å². The van der Waals surface area contributed by atoms with Gasteiger partial charge in [-0.2, -0.15) is 0 Å². The monoisotopic (exact) mass is 419 g/mol. The first-order chi connectivity index (χ1) is 13.3. The Kier molecular flexibility index (Phi) is 5.61. The average Bonchev–Trinajstić information content (AvgIpc) is 3.25. The van der Waals surface area contributed by atoms with E-state index in [4.69, 9.17) is 0 Å². The van der Waals surface area contributed by atoms with E-state index >= 15 is 0 Å². The van der Waals surface area contributed by atoms with E-state index in [0.29, 0.717) is 16.1 Å². The molecular weight excluding hydrogens is 402 g/mol. The van der Waals surface area contributed by atoms with Gasteiger partial charge in [-0.05, 0) is 31.5 Å². The largest absolute Gasteiger partial charge is 0.507 e. The van der Waals surface area contributed by atoms with Crippen LogP contribution in [0, 0.1) is 13.8 Å². The molecule has 0 saturated heterocycles. The number of nitrogens with one attached hydrogen (secondary N) is 1. The SMILES string of the molecule is COC(=O)NCc1nc(C)c(-c2csc(-c3cc(C)c(C(=O)O)c(O)c3)n2)s1. The number of aromatic nitrogens is 2. The van der Waals surface area contributed by atoms with E-state index in [1.165, 1.54) is 35.8 Å². The zero-order valence-corrected chi connectivity index (χ0v) is 16.9. The fourth-order valence-electron chi connectivity index (χ4n) is 2.67.